The summed E-state index contributed by atoms with van der Waals surface area (Å²) < 4.78 is 0. The maximum Gasteiger partial charge on any atom is 0.143 e. The Morgan fingerprint density at radius 1 is 0.862 bits per heavy atom. The molecule has 0 fully saturated rings. The molecule has 1 aromatic heterocycles. The van der Waals surface area contributed by atoms with Crippen LogP contribution in [0.1, 0.15) is 11.1 Å². The Kier molecular flexibility index (Phi) is 5.42. The lowest BCUT2D eigenvalue weighted by Gasteiger charge is -2.05. The first-order valence-corrected chi connectivity index (χ1v) is 9.45. The predicted molar refractivity (Wildman–Crippen MR) is 119 cm³/mol. The van der Waals surface area contributed by atoms with E-state index in [1.807, 2.05) is 72.8 Å². The van der Waals surface area contributed by atoms with Crippen molar-refractivity contribution in [3.63, 3.8) is 0 Å². The van der Waals surface area contributed by atoms with Gasteiger partial charge in [-0.1, -0.05) is 84.4 Å². The second kappa shape index (κ2) is 8.47. The monoisotopic (exact) mass is 396 g/mol. The number of hydrogen-bond donors (Lipinski definition) is 2. The maximum atomic E-state index is 9.89. The summed E-state index contributed by atoms with van der Waals surface area (Å²) in [5, 5.41) is 14.9. The Bertz CT molecular complexity index is 1170. The van der Waals surface area contributed by atoms with Gasteiger partial charge in [0, 0.05) is 10.6 Å². The number of halogens is 1. The van der Waals surface area contributed by atoms with Crippen LogP contribution in [-0.4, -0.2) is 11.2 Å². The highest BCUT2D eigenvalue weighted by Gasteiger charge is 2.19. The van der Waals surface area contributed by atoms with Crippen molar-refractivity contribution >= 4 is 23.6 Å². The Morgan fingerprint density at radius 3 is 2.10 bits per heavy atom. The van der Waals surface area contributed by atoms with Crippen molar-refractivity contribution < 1.29 is 0 Å². The number of nitrogens with zero attached hydrogens (tertiary/aromatic N) is 2. The van der Waals surface area contributed by atoms with Gasteiger partial charge in [0.1, 0.15) is 17.5 Å². The van der Waals surface area contributed by atoms with E-state index in [1.165, 1.54) is 0 Å². The van der Waals surface area contributed by atoms with E-state index in [4.69, 9.17) is 11.6 Å². The van der Waals surface area contributed by atoms with Gasteiger partial charge in [0.15, 0.2) is 0 Å². The second-order valence-corrected chi connectivity index (χ2v) is 6.83. The van der Waals surface area contributed by atoms with Crippen LogP contribution in [0.4, 0.5) is 5.82 Å². The third-order valence-electron chi connectivity index (χ3n) is 4.50. The molecule has 2 N–H and O–H groups in total. The van der Waals surface area contributed by atoms with E-state index in [1.54, 1.807) is 18.3 Å². The molecule has 0 saturated carbocycles. The summed E-state index contributed by atoms with van der Waals surface area (Å²) in [6.07, 6.45) is 1.68. The molecule has 0 aliphatic heterocycles. The highest BCUT2D eigenvalue weighted by Crippen LogP contribution is 2.38. The van der Waals surface area contributed by atoms with Crippen molar-refractivity contribution in [1.82, 2.24) is 4.98 Å². The summed E-state index contributed by atoms with van der Waals surface area (Å²) in [5.74, 6) is 0.551. The highest BCUT2D eigenvalue weighted by molar-refractivity contribution is 6.30. The van der Waals surface area contributed by atoms with Crippen LogP contribution in [0.25, 0.3) is 22.4 Å². The summed E-state index contributed by atoms with van der Waals surface area (Å²) in [7, 11) is 0. The lowest BCUT2D eigenvalue weighted by Crippen LogP contribution is -1.93. The van der Waals surface area contributed by atoms with E-state index in [-0.39, 0.29) is 0 Å². The van der Waals surface area contributed by atoms with Gasteiger partial charge in [-0.05, 0) is 28.8 Å². The maximum absolute atomic E-state index is 9.89. The van der Waals surface area contributed by atoms with Gasteiger partial charge in [0.05, 0.1) is 11.9 Å². The molecule has 4 rings (SSSR count). The number of H-pyrrole nitrogens is 1. The van der Waals surface area contributed by atoms with Gasteiger partial charge in [-0.2, -0.15) is 10.4 Å². The predicted octanol–water partition coefficient (Wildman–Crippen LogP) is 6.32. The SMILES string of the molecule is N#Cc1c(N/N=C/c2ccc(Cl)cc2)[nH]c(-c2ccccc2)c1-c1ccccc1. The molecule has 0 bridgehead atoms. The molecule has 0 radical (unpaired) electrons. The molecular weight excluding hydrogens is 380 g/mol. The molecule has 0 amide bonds. The van der Waals surface area contributed by atoms with Gasteiger partial charge >= 0.3 is 0 Å². The summed E-state index contributed by atoms with van der Waals surface area (Å²) in [5.41, 5.74) is 8.09. The minimum atomic E-state index is 0.517. The fourth-order valence-electron chi connectivity index (χ4n) is 3.13. The van der Waals surface area contributed by atoms with Crippen LogP contribution in [-0.2, 0) is 0 Å². The first-order chi connectivity index (χ1) is 14.3. The van der Waals surface area contributed by atoms with Crippen molar-refractivity contribution in [3.8, 4) is 28.5 Å². The highest BCUT2D eigenvalue weighted by atomic mass is 35.5. The van der Waals surface area contributed by atoms with Gasteiger partial charge in [0.2, 0.25) is 0 Å². The minimum Gasteiger partial charge on any atom is -0.338 e. The quantitative estimate of drug-likeness (QED) is 0.306. The molecule has 0 aliphatic rings. The topological polar surface area (TPSA) is 64.0 Å². The van der Waals surface area contributed by atoms with E-state index in [0.717, 1.165) is 27.9 Å². The van der Waals surface area contributed by atoms with Gasteiger partial charge in [0.25, 0.3) is 0 Å². The van der Waals surface area contributed by atoms with E-state index >= 15 is 0 Å². The molecule has 1 heterocycles. The van der Waals surface area contributed by atoms with Crippen molar-refractivity contribution in [2.45, 2.75) is 0 Å². The molecular formula is C24H17ClN4. The second-order valence-electron chi connectivity index (χ2n) is 6.39. The lowest BCUT2D eigenvalue weighted by molar-refractivity contribution is 1.26. The third-order valence-corrected chi connectivity index (χ3v) is 4.75. The smallest absolute Gasteiger partial charge is 0.143 e. The number of hydrazone groups is 1. The Hall–Kier alpha value is -3.81. The number of anilines is 1. The fraction of sp³-hybridized carbons (Fsp3) is 0. The third kappa shape index (κ3) is 4.06. The average molecular weight is 397 g/mol. The van der Waals surface area contributed by atoms with E-state index in [0.29, 0.717) is 16.4 Å². The summed E-state index contributed by atoms with van der Waals surface area (Å²) >= 11 is 5.92. The first-order valence-electron chi connectivity index (χ1n) is 9.08. The van der Waals surface area contributed by atoms with Crippen molar-refractivity contribution in [2.24, 2.45) is 5.10 Å². The van der Waals surface area contributed by atoms with Crippen molar-refractivity contribution in [1.29, 1.82) is 5.26 Å². The molecule has 29 heavy (non-hydrogen) atoms. The van der Waals surface area contributed by atoms with Crippen molar-refractivity contribution in [3.05, 3.63) is 101 Å². The van der Waals surface area contributed by atoms with Gasteiger partial charge in [-0.3, -0.25) is 5.43 Å². The molecule has 5 heteroatoms. The average Bonchev–Trinajstić information content (AvgIpc) is 3.15. The van der Waals surface area contributed by atoms with Gasteiger partial charge in [-0.25, -0.2) is 0 Å². The number of aromatic nitrogens is 1. The van der Waals surface area contributed by atoms with Gasteiger partial charge in [-0.15, -0.1) is 0 Å². The number of rotatable bonds is 5. The Balaban J connectivity index is 1.76. The largest absolute Gasteiger partial charge is 0.338 e. The normalized spacial score (nSPS) is 10.8. The number of nitriles is 1. The Labute approximate surface area is 174 Å². The van der Waals surface area contributed by atoms with Crippen LogP contribution in [0.5, 0.6) is 0 Å². The fourth-order valence-corrected chi connectivity index (χ4v) is 3.26. The van der Waals surface area contributed by atoms with Crippen LogP contribution >= 0.6 is 11.6 Å². The molecule has 4 aromatic rings. The van der Waals surface area contributed by atoms with E-state index in [9.17, 15) is 5.26 Å². The standard InChI is InChI=1S/C24H17ClN4/c25-20-13-11-17(12-14-20)16-27-29-24-21(15-26)22(18-7-3-1-4-8-18)23(28-24)19-9-5-2-6-10-19/h1-14,16,28-29H/b27-16+. The zero-order chi connectivity index (χ0) is 20.1. The lowest BCUT2D eigenvalue weighted by atomic mass is 9.98. The minimum absolute atomic E-state index is 0.517. The number of aromatic amines is 1. The van der Waals surface area contributed by atoms with E-state index < -0.39 is 0 Å². The van der Waals surface area contributed by atoms with Crippen LogP contribution < -0.4 is 5.43 Å². The van der Waals surface area contributed by atoms with Crippen LogP contribution in [0.3, 0.4) is 0 Å². The van der Waals surface area contributed by atoms with Crippen LogP contribution in [0.2, 0.25) is 5.02 Å². The number of benzene rings is 3. The van der Waals surface area contributed by atoms with Gasteiger partial charge < -0.3 is 4.98 Å². The number of nitrogens with one attached hydrogen (secondary N) is 2. The van der Waals surface area contributed by atoms with Crippen LogP contribution in [0, 0.1) is 11.3 Å². The van der Waals surface area contributed by atoms with Crippen LogP contribution in [0.15, 0.2) is 90.0 Å². The molecule has 3 aromatic carbocycles. The molecule has 0 atom stereocenters. The molecule has 0 saturated heterocycles. The zero-order valence-electron chi connectivity index (χ0n) is 15.4. The van der Waals surface area contributed by atoms with Crippen molar-refractivity contribution in [2.75, 3.05) is 5.43 Å². The summed E-state index contributed by atoms with van der Waals surface area (Å²) in [6, 6.07) is 29.5. The number of hydrogen-bond acceptors (Lipinski definition) is 3. The Morgan fingerprint density at radius 2 is 1.48 bits per heavy atom. The molecule has 140 valence electrons. The molecule has 4 nitrogen and oxygen atoms in total. The summed E-state index contributed by atoms with van der Waals surface area (Å²) in [4.78, 5) is 3.34. The molecule has 0 unspecified atom stereocenters. The first kappa shape index (κ1) is 18.5. The molecule has 0 aliphatic carbocycles. The molecule has 0 spiro atoms. The van der Waals surface area contributed by atoms with E-state index in [2.05, 4.69) is 21.6 Å². The zero-order valence-corrected chi connectivity index (χ0v) is 16.2. The summed E-state index contributed by atoms with van der Waals surface area (Å²) in [6.45, 7) is 0.